The number of hydrogen-bond donors (Lipinski definition) is 1. The van der Waals surface area contributed by atoms with Crippen LogP contribution in [0.3, 0.4) is 0 Å². The highest BCUT2D eigenvalue weighted by molar-refractivity contribution is 5.82. The van der Waals surface area contributed by atoms with Crippen LogP contribution in [0.2, 0.25) is 0 Å². The van der Waals surface area contributed by atoms with Crippen LogP contribution in [0.1, 0.15) is 20.8 Å². The second-order valence-corrected chi connectivity index (χ2v) is 2.55. The standard InChI is InChI=1S/C8H15NO2/c1-4-11-8(10)5-7(9)6(2)3/h5-6H,4,9H2,1-3H3. The van der Waals surface area contributed by atoms with Gasteiger partial charge >= 0.3 is 5.97 Å². The van der Waals surface area contributed by atoms with Gasteiger partial charge in [0, 0.05) is 11.8 Å². The highest BCUT2D eigenvalue weighted by Gasteiger charge is 2.01. The Morgan fingerprint density at radius 2 is 2.18 bits per heavy atom. The molecule has 3 heteroatoms. The van der Waals surface area contributed by atoms with E-state index in [9.17, 15) is 4.79 Å². The number of carbonyl (C=O) groups is 1. The minimum Gasteiger partial charge on any atom is -0.463 e. The summed E-state index contributed by atoms with van der Waals surface area (Å²) in [6.45, 7) is 5.99. The number of esters is 1. The summed E-state index contributed by atoms with van der Waals surface area (Å²) in [4.78, 5) is 10.8. The molecule has 3 nitrogen and oxygen atoms in total. The van der Waals surface area contributed by atoms with Gasteiger partial charge in [0.15, 0.2) is 0 Å². The highest BCUT2D eigenvalue weighted by atomic mass is 16.5. The zero-order valence-corrected chi connectivity index (χ0v) is 7.26. The molecule has 0 saturated carbocycles. The van der Waals surface area contributed by atoms with E-state index in [-0.39, 0.29) is 11.9 Å². The van der Waals surface area contributed by atoms with Crippen molar-refractivity contribution in [2.24, 2.45) is 11.7 Å². The number of ether oxygens (including phenoxy) is 1. The molecule has 0 radical (unpaired) electrons. The van der Waals surface area contributed by atoms with Crippen LogP contribution >= 0.6 is 0 Å². The topological polar surface area (TPSA) is 52.3 Å². The number of hydrogen-bond acceptors (Lipinski definition) is 3. The molecule has 0 unspecified atom stereocenters. The first-order valence-electron chi connectivity index (χ1n) is 3.71. The quantitative estimate of drug-likeness (QED) is 0.492. The Balaban J connectivity index is 3.97. The number of nitrogens with two attached hydrogens (primary N) is 1. The predicted octanol–water partition coefficient (Wildman–Crippen LogP) is 1.05. The predicted molar refractivity (Wildman–Crippen MR) is 43.7 cm³/mol. The lowest BCUT2D eigenvalue weighted by atomic mass is 10.1. The molecule has 0 rings (SSSR count). The third-order valence-corrected chi connectivity index (χ3v) is 1.24. The lowest BCUT2D eigenvalue weighted by Gasteiger charge is -2.03. The summed E-state index contributed by atoms with van der Waals surface area (Å²) >= 11 is 0. The van der Waals surface area contributed by atoms with Gasteiger partial charge in [-0.15, -0.1) is 0 Å². The number of carbonyl (C=O) groups excluding carboxylic acids is 1. The fourth-order valence-electron chi connectivity index (χ4n) is 0.487. The first kappa shape index (κ1) is 10.0. The van der Waals surface area contributed by atoms with Crippen molar-refractivity contribution >= 4 is 5.97 Å². The van der Waals surface area contributed by atoms with Gasteiger partial charge in [-0.1, -0.05) is 13.8 Å². The molecule has 0 aliphatic rings. The summed E-state index contributed by atoms with van der Waals surface area (Å²) in [7, 11) is 0. The summed E-state index contributed by atoms with van der Waals surface area (Å²) < 4.78 is 4.67. The van der Waals surface area contributed by atoms with Crippen molar-refractivity contribution in [2.75, 3.05) is 6.61 Å². The van der Waals surface area contributed by atoms with Crippen LogP contribution in [0.15, 0.2) is 11.8 Å². The molecule has 0 saturated heterocycles. The van der Waals surface area contributed by atoms with Gasteiger partial charge in [0.1, 0.15) is 0 Å². The first-order chi connectivity index (χ1) is 5.07. The van der Waals surface area contributed by atoms with E-state index in [4.69, 9.17) is 5.73 Å². The molecular weight excluding hydrogens is 142 g/mol. The second-order valence-electron chi connectivity index (χ2n) is 2.55. The average Bonchev–Trinajstić information content (AvgIpc) is 1.87. The van der Waals surface area contributed by atoms with Gasteiger partial charge in [-0.3, -0.25) is 0 Å². The van der Waals surface area contributed by atoms with Gasteiger partial charge in [-0.25, -0.2) is 4.79 Å². The molecule has 0 aromatic rings. The molecule has 0 aliphatic carbocycles. The maximum absolute atomic E-state index is 10.8. The van der Waals surface area contributed by atoms with E-state index in [0.717, 1.165) is 0 Å². The Kier molecular flexibility index (Phi) is 4.34. The van der Waals surface area contributed by atoms with E-state index in [1.54, 1.807) is 6.92 Å². The van der Waals surface area contributed by atoms with E-state index >= 15 is 0 Å². The molecule has 0 amide bonds. The van der Waals surface area contributed by atoms with Gasteiger partial charge in [-0.05, 0) is 12.8 Å². The van der Waals surface area contributed by atoms with Crippen LogP contribution in [0, 0.1) is 5.92 Å². The zero-order valence-electron chi connectivity index (χ0n) is 7.26. The van der Waals surface area contributed by atoms with Crippen molar-refractivity contribution in [1.82, 2.24) is 0 Å². The normalized spacial score (nSPS) is 11.8. The molecule has 0 heterocycles. The van der Waals surface area contributed by atoms with Crippen molar-refractivity contribution in [3.63, 3.8) is 0 Å². The Bertz CT molecular complexity index is 161. The molecule has 0 aromatic heterocycles. The third-order valence-electron chi connectivity index (χ3n) is 1.24. The summed E-state index contributed by atoms with van der Waals surface area (Å²) in [6.07, 6.45) is 1.33. The van der Waals surface area contributed by atoms with Crippen LogP contribution < -0.4 is 5.73 Å². The fourth-order valence-corrected chi connectivity index (χ4v) is 0.487. The third kappa shape index (κ3) is 4.42. The number of rotatable bonds is 3. The Hall–Kier alpha value is -0.990. The van der Waals surface area contributed by atoms with Gasteiger partial charge in [0.25, 0.3) is 0 Å². The Labute approximate surface area is 67.2 Å². The summed E-state index contributed by atoms with van der Waals surface area (Å²) in [6, 6.07) is 0. The van der Waals surface area contributed by atoms with Gasteiger partial charge in [0.2, 0.25) is 0 Å². The maximum atomic E-state index is 10.8. The van der Waals surface area contributed by atoms with Crippen molar-refractivity contribution in [1.29, 1.82) is 0 Å². The van der Waals surface area contributed by atoms with Gasteiger partial charge in [-0.2, -0.15) is 0 Å². The largest absolute Gasteiger partial charge is 0.463 e. The minimum absolute atomic E-state index is 0.194. The molecule has 0 aliphatic heterocycles. The van der Waals surface area contributed by atoms with E-state index in [2.05, 4.69) is 4.74 Å². The monoisotopic (exact) mass is 157 g/mol. The average molecular weight is 157 g/mol. The minimum atomic E-state index is -0.362. The summed E-state index contributed by atoms with van der Waals surface area (Å²) in [5, 5.41) is 0. The SMILES string of the molecule is CCOC(=O)C=C(N)C(C)C. The highest BCUT2D eigenvalue weighted by Crippen LogP contribution is 2.01. The second kappa shape index (κ2) is 4.77. The van der Waals surface area contributed by atoms with Crippen LogP contribution in [-0.2, 0) is 9.53 Å². The molecule has 0 spiro atoms. The van der Waals surface area contributed by atoms with Crippen LogP contribution in [0.4, 0.5) is 0 Å². The van der Waals surface area contributed by atoms with Crippen LogP contribution in [0.25, 0.3) is 0 Å². The molecular formula is C8H15NO2. The van der Waals surface area contributed by atoms with E-state index in [1.807, 2.05) is 13.8 Å². The van der Waals surface area contributed by atoms with E-state index in [1.165, 1.54) is 6.08 Å². The summed E-state index contributed by atoms with van der Waals surface area (Å²) in [5.41, 5.74) is 6.07. The molecule has 11 heavy (non-hydrogen) atoms. The fraction of sp³-hybridized carbons (Fsp3) is 0.625. The smallest absolute Gasteiger partial charge is 0.332 e. The Morgan fingerprint density at radius 3 is 2.55 bits per heavy atom. The van der Waals surface area contributed by atoms with Crippen molar-refractivity contribution < 1.29 is 9.53 Å². The molecule has 0 atom stereocenters. The number of allylic oxidation sites excluding steroid dienone is 1. The lowest BCUT2D eigenvalue weighted by molar-refractivity contribution is -0.137. The van der Waals surface area contributed by atoms with E-state index < -0.39 is 0 Å². The van der Waals surface area contributed by atoms with Crippen molar-refractivity contribution in [2.45, 2.75) is 20.8 Å². The lowest BCUT2D eigenvalue weighted by Crippen LogP contribution is -2.09. The van der Waals surface area contributed by atoms with Crippen LogP contribution in [-0.4, -0.2) is 12.6 Å². The maximum Gasteiger partial charge on any atom is 0.332 e. The van der Waals surface area contributed by atoms with Gasteiger partial charge in [0.05, 0.1) is 6.61 Å². The van der Waals surface area contributed by atoms with Crippen molar-refractivity contribution in [3.8, 4) is 0 Å². The van der Waals surface area contributed by atoms with E-state index in [0.29, 0.717) is 12.3 Å². The van der Waals surface area contributed by atoms with Crippen LogP contribution in [0.5, 0.6) is 0 Å². The summed E-state index contributed by atoms with van der Waals surface area (Å²) in [5.74, 6) is -0.168. The first-order valence-corrected chi connectivity index (χ1v) is 3.71. The molecule has 0 fully saturated rings. The zero-order chi connectivity index (χ0) is 8.85. The van der Waals surface area contributed by atoms with Gasteiger partial charge < -0.3 is 10.5 Å². The molecule has 0 aromatic carbocycles. The van der Waals surface area contributed by atoms with Crippen molar-refractivity contribution in [3.05, 3.63) is 11.8 Å². The molecule has 2 N–H and O–H groups in total. The Morgan fingerprint density at radius 1 is 1.64 bits per heavy atom. The molecule has 64 valence electrons. The molecule has 0 bridgehead atoms.